The molecular formula is C22H18F2N8. The highest BCUT2D eigenvalue weighted by Gasteiger charge is 2.23. The molecule has 0 spiro atoms. The Morgan fingerprint density at radius 2 is 1.56 bits per heavy atom. The minimum absolute atomic E-state index is 0.00227. The van der Waals surface area contributed by atoms with E-state index < -0.39 is 11.9 Å². The van der Waals surface area contributed by atoms with Crippen molar-refractivity contribution in [3.63, 3.8) is 0 Å². The van der Waals surface area contributed by atoms with Gasteiger partial charge in [0.1, 0.15) is 11.3 Å². The van der Waals surface area contributed by atoms with Crippen LogP contribution in [-0.4, -0.2) is 40.4 Å². The molecule has 10 heteroatoms. The number of imidazole rings is 1. The predicted octanol–water partition coefficient (Wildman–Crippen LogP) is 4.12. The van der Waals surface area contributed by atoms with Crippen molar-refractivity contribution < 1.29 is 8.78 Å². The van der Waals surface area contributed by atoms with E-state index in [2.05, 4.69) is 35.8 Å². The molecule has 0 aliphatic carbocycles. The van der Waals surface area contributed by atoms with Gasteiger partial charge in [0.25, 0.3) is 11.9 Å². The number of benzene rings is 2. The molecule has 3 heterocycles. The third-order valence-corrected chi connectivity index (χ3v) is 5.28. The molecule has 2 aromatic carbocycles. The number of H-pyrrole nitrogens is 1. The molecule has 0 saturated heterocycles. The van der Waals surface area contributed by atoms with Crippen LogP contribution in [0.3, 0.4) is 0 Å². The number of nitrogens with zero attached hydrogens (tertiary/aromatic N) is 7. The van der Waals surface area contributed by atoms with Crippen LogP contribution in [0.25, 0.3) is 33.5 Å². The van der Waals surface area contributed by atoms with Gasteiger partial charge in [0.05, 0.1) is 6.54 Å². The lowest BCUT2D eigenvalue weighted by Crippen LogP contribution is -2.09. The molecule has 5 aromatic rings. The Balaban J connectivity index is 1.69. The van der Waals surface area contributed by atoms with Crippen molar-refractivity contribution >= 4 is 11.0 Å². The Kier molecular flexibility index (Phi) is 4.89. The molecule has 0 aliphatic rings. The van der Waals surface area contributed by atoms with Gasteiger partial charge in [0.2, 0.25) is 5.82 Å². The van der Waals surface area contributed by atoms with E-state index in [1.807, 2.05) is 62.4 Å². The van der Waals surface area contributed by atoms with Crippen molar-refractivity contribution in [2.45, 2.75) is 26.3 Å². The summed E-state index contributed by atoms with van der Waals surface area (Å²) in [6.07, 6.45) is 0. The Morgan fingerprint density at radius 1 is 0.875 bits per heavy atom. The summed E-state index contributed by atoms with van der Waals surface area (Å²) in [5, 5.41) is 20.9. The number of hydrogen-bond donors (Lipinski definition) is 1. The summed E-state index contributed by atoms with van der Waals surface area (Å²) < 4.78 is 30.6. The van der Waals surface area contributed by atoms with Crippen LogP contribution in [0, 0.1) is 11.9 Å². The number of hydrogen-bond acceptors (Lipinski definition) is 6. The average Bonchev–Trinajstić information content (AvgIpc) is 3.46. The Labute approximate surface area is 181 Å². The molecule has 0 radical (unpaired) electrons. The first-order chi connectivity index (χ1) is 15.5. The second-order valence-electron chi connectivity index (χ2n) is 7.63. The van der Waals surface area contributed by atoms with Crippen LogP contribution in [0.2, 0.25) is 0 Å². The van der Waals surface area contributed by atoms with Crippen LogP contribution in [0.5, 0.6) is 0 Å². The fraction of sp³-hybridized carbons (Fsp3) is 0.182. The number of aromatic nitrogens is 8. The first kappa shape index (κ1) is 19.9. The number of nitrogens with one attached hydrogen (secondary N) is 1. The maximum absolute atomic E-state index is 14.7. The molecular weight excluding hydrogens is 414 g/mol. The first-order valence-electron chi connectivity index (χ1n) is 10.0. The lowest BCUT2D eigenvalue weighted by molar-refractivity contribution is 0.519. The summed E-state index contributed by atoms with van der Waals surface area (Å²) in [6, 6.07) is 15.4. The summed E-state index contributed by atoms with van der Waals surface area (Å²) in [6.45, 7) is 4.11. The Hall–Kier alpha value is -4.08. The zero-order valence-corrected chi connectivity index (χ0v) is 17.3. The molecule has 0 fully saturated rings. The van der Waals surface area contributed by atoms with E-state index in [0.717, 1.165) is 22.3 Å². The molecule has 8 nitrogen and oxygen atoms in total. The van der Waals surface area contributed by atoms with E-state index in [4.69, 9.17) is 0 Å². The van der Waals surface area contributed by atoms with Crippen molar-refractivity contribution in [2.24, 2.45) is 0 Å². The van der Waals surface area contributed by atoms with Crippen molar-refractivity contribution in [3.05, 3.63) is 71.8 Å². The highest BCUT2D eigenvalue weighted by molar-refractivity contribution is 5.82. The van der Waals surface area contributed by atoms with Crippen molar-refractivity contribution in [1.82, 2.24) is 40.4 Å². The van der Waals surface area contributed by atoms with E-state index in [9.17, 15) is 8.78 Å². The van der Waals surface area contributed by atoms with Gasteiger partial charge in [-0.05, 0) is 21.9 Å². The van der Waals surface area contributed by atoms with Crippen molar-refractivity contribution in [1.29, 1.82) is 0 Å². The molecule has 160 valence electrons. The van der Waals surface area contributed by atoms with Crippen LogP contribution in [0.1, 0.15) is 31.2 Å². The standard InChI is InChI=1S/C22H18F2N8/c1-12(2)22-25-17-18(20(24)27-26-19(17)23)32(22)11-13-7-3-4-8-14(13)15-9-5-6-10-16(15)21-28-30-31-29-21/h3-10,12H,11H2,1-2H3,(H,28,29,30,31). The zero-order valence-electron chi connectivity index (χ0n) is 17.3. The van der Waals surface area contributed by atoms with Gasteiger partial charge in [-0.15, -0.1) is 20.4 Å². The van der Waals surface area contributed by atoms with Gasteiger partial charge in [0.15, 0.2) is 5.52 Å². The summed E-state index contributed by atoms with van der Waals surface area (Å²) in [7, 11) is 0. The van der Waals surface area contributed by atoms with Gasteiger partial charge in [0, 0.05) is 11.5 Å². The van der Waals surface area contributed by atoms with E-state index in [1.54, 1.807) is 4.57 Å². The van der Waals surface area contributed by atoms with Gasteiger partial charge >= 0.3 is 0 Å². The molecule has 0 aliphatic heterocycles. The summed E-state index contributed by atoms with van der Waals surface area (Å²) in [5.74, 6) is -0.799. The van der Waals surface area contributed by atoms with Gasteiger partial charge in [-0.25, -0.2) is 4.98 Å². The van der Waals surface area contributed by atoms with Crippen LogP contribution in [0.4, 0.5) is 8.78 Å². The van der Waals surface area contributed by atoms with E-state index in [-0.39, 0.29) is 23.5 Å². The highest BCUT2D eigenvalue weighted by atomic mass is 19.1. The Morgan fingerprint density at radius 3 is 2.28 bits per heavy atom. The quantitative estimate of drug-likeness (QED) is 0.449. The number of fused-ring (bicyclic) bond motifs is 1. The maximum Gasteiger partial charge on any atom is 0.261 e. The largest absolute Gasteiger partial charge is 0.319 e. The molecule has 0 bridgehead atoms. The highest BCUT2D eigenvalue weighted by Crippen LogP contribution is 2.34. The van der Waals surface area contributed by atoms with Crippen molar-refractivity contribution in [2.75, 3.05) is 0 Å². The Bertz CT molecular complexity index is 1410. The monoisotopic (exact) mass is 432 g/mol. The predicted molar refractivity (Wildman–Crippen MR) is 113 cm³/mol. The molecule has 0 saturated carbocycles. The molecule has 32 heavy (non-hydrogen) atoms. The second kappa shape index (κ2) is 7.88. The minimum atomic E-state index is -0.891. The van der Waals surface area contributed by atoms with Crippen LogP contribution >= 0.6 is 0 Å². The molecule has 0 atom stereocenters. The van der Waals surface area contributed by atoms with Gasteiger partial charge in [-0.1, -0.05) is 62.4 Å². The smallest absolute Gasteiger partial charge is 0.261 e. The lowest BCUT2D eigenvalue weighted by atomic mass is 9.95. The molecule has 3 aromatic heterocycles. The fourth-order valence-corrected chi connectivity index (χ4v) is 3.89. The molecule has 0 unspecified atom stereocenters. The summed E-state index contributed by atoms with van der Waals surface area (Å²) in [4.78, 5) is 4.34. The van der Waals surface area contributed by atoms with Crippen LogP contribution in [-0.2, 0) is 6.54 Å². The van der Waals surface area contributed by atoms with E-state index in [0.29, 0.717) is 11.6 Å². The molecule has 1 N–H and O–H groups in total. The first-order valence-corrected chi connectivity index (χ1v) is 10.0. The maximum atomic E-state index is 14.7. The third kappa shape index (κ3) is 3.29. The van der Waals surface area contributed by atoms with E-state index in [1.165, 1.54) is 0 Å². The number of halogens is 2. The normalized spacial score (nSPS) is 11.5. The number of rotatable bonds is 5. The topological polar surface area (TPSA) is 98.1 Å². The average molecular weight is 432 g/mol. The molecule has 0 amide bonds. The van der Waals surface area contributed by atoms with Crippen molar-refractivity contribution in [3.8, 4) is 22.5 Å². The fourth-order valence-electron chi connectivity index (χ4n) is 3.89. The second-order valence-corrected chi connectivity index (χ2v) is 7.63. The summed E-state index contributed by atoms with van der Waals surface area (Å²) >= 11 is 0. The SMILES string of the molecule is CC(C)c1nc2c(F)nnc(F)c2n1Cc1ccccc1-c1ccccc1-c1nn[nH]n1. The zero-order chi connectivity index (χ0) is 22.2. The minimum Gasteiger partial charge on any atom is -0.319 e. The van der Waals surface area contributed by atoms with Gasteiger partial charge in [-0.3, -0.25) is 0 Å². The number of aromatic amines is 1. The lowest BCUT2D eigenvalue weighted by Gasteiger charge is -2.16. The third-order valence-electron chi connectivity index (χ3n) is 5.28. The van der Waals surface area contributed by atoms with Gasteiger partial charge in [-0.2, -0.15) is 14.0 Å². The van der Waals surface area contributed by atoms with Crippen LogP contribution in [0.15, 0.2) is 48.5 Å². The van der Waals surface area contributed by atoms with E-state index >= 15 is 0 Å². The van der Waals surface area contributed by atoms with Crippen LogP contribution < -0.4 is 0 Å². The molecule has 5 rings (SSSR count). The van der Waals surface area contributed by atoms with Gasteiger partial charge < -0.3 is 4.57 Å². The number of tetrazole rings is 1. The summed E-state index contributed by atoms with van der Waals surface area (Å²) in [5.41, 5.74) is 3.38.